The largest absolute Gasteiger partial charge is 0.456 e. The topological polar surface area (TPSA) is 16.4 Å². The van der Waals surface area contributed by atoms with Crippen molar-refractivity contribution >= 4 is 60.5 Å². The smallest absolute Gasteiger partial charge is 0.137 e. The lowest BCUT2D eigenvalue weighted by atomic mass is 9.93. The highest BCUT2D eigenvalue weighted by Gasteiger charge is 2.18. The van der Waals surface area contributed by atoms with Crippen molar-refractivity contribution in [3.05, 3.63) is 200 Å². The van der Waals surface area contributed by atoms with Gasteiger partial charge in [0.15, 0.2) is 0 Å². The Kier molecular flexibility index (Phi) is 7.18. The highest BCUT2D eigenvalue weighted by molar-refractivity contribution is 6.22. The Balaban J connectivity index is 1.08. The van der Waals surface area contributed by atoms with E-state index in [9.17, 15) is 0 Å². The van der Waals surface area contributed by atoms with Crippen molar-refractivity contribution < 1.29 is 4.42 Å². The second-order valence-electron chi connectivity index (χ2n) is 13.3. The molecule has 9 aromatic carbocycles. The number of fused-ring (bicyclic) bond motifs is 6. The van der Waals surface area contributed by atoms with Gasteiger partial charge in [-0.15, -0.1) is 0 Å². The molecule has 52 heavy (non-hydrogen) atoms. The monoisotopic (exact) mass is 663 g/mol. The maximum absolute atomic E-state index is 6.78. The summed E-state index contributed by atoms with van der Waals surface area (Å²) >= 11 is 0. The SMILES string of the molecule is c1ccc(-c2ccc(N(c3ccccc3)c3ccc4c(c3)oc3cc(-c5ccc(-c6cccc7ccccc67)cc5)c5ccccc5c34)cc2)cc1. The Hall–Kier alpha value is -6.90. The van der Waals surface area contributed by atoms with Gasteiger partial charge < -0.3 is 9.32 Å². The molecule has 0 unspecified atom stereocenters. The highest BCUT2D eigenvalue weighted by atomic mass is 16.3. The van der Waals surface area contributed by atoms with Gasteiger partial charge in [0.2, 0.25) is 0 Å². The molecule has 0 saturated carbocycles. The van der Waals surface area contributed by atoms with Crippen LogP contribution in [-0.2, 0) is 0 Å². The van der Waals surface area contributed by atoms with Crippen molar-refractivity contribution in [2.75, 3.05) is 4.90 Å². The van der Waals surface area contributed by atoms with Gasteiger partial charge in [-0.2, -0.15) is 0 Å². The van der Waals surface area contributed by atoms with Gasteiger partial charge in [-0.1, -0.05) is 152 Å². The molecule has 0 aliphatic carbocycles. The van der Waals surface area contributed by atoms with Crippen LogP contribution in [0.2, 0.25) is 0 Å². The lowest BCUT2D eigenvalue weighted by Crippen LogP contribution is -2.09. The van der Waals surface area contributed by atoms with E-state index < -0.39 is 0 Å². The molecule has 0 bridgehead atoms. The molecule has 244 valence electrons. The Bertz CT molecular complexity index is 2870. The van der Waals surface area contributed by atoms with E-state index in [4.69, 9.17) is 4.42 Å². The van der Waals surface area contributed by atoms with E-state index in [0.717, 1.165) is 50.1 Å². The van der Waals surface area contributed by atoms with Crippen molar-refractivity contribution in [3.8, 4) is 33.4 Å². The van der Waals surface area contributed by atoms with Gasteiger partial charge in [0.05, 0.1) is 0 Å². The third-order valence-corrected chi connectivity index (χ3v) is 10.3. The maximum Gasteiger partial charge on any atom is 0.137 e. The van der Waals surface area contributed by atoms with E-state index in [2.05, 4.69) is 205 Å². The molecule has 10 rings (SSSR count). The van der Waals surface area contributed by atoms with Gasteiger partial charge in [0.1, 0.15) is 11.2 Å². The van der Waals surface area contributed by atoms with Gasteiger partial charge >= 0.3 is 0 Å². The number of hydrogen-bond acceptors (Lipinski definition) is 2. The van der Waals surface area contributed by atoms with E-state index in [-0.39, 0.29) is 0 Å². The third-order valence-electron chi connectivity index (χ3n) is 10.3. The zero-order chi connectivity index (χ0) is 34.4. The van der Waals surface area contributed by atoms with Gasteiger partial charge in [0.25, 0.3) is 0 Å². The molecule has 0 radical (unpaired) electrons. The summed E-state index contributed by atoms with van der Waals surface area (Å²) in [6, 6.07) is 71.4. The van der Waals surface area contributed by atoms with Gasteiger partial charge in [-0.3, -0.25) is 0 Å². The summed E-state index contributed by atoms with van der Waals surface area (Å²) in [7, 11) is 0. The van der Waals surface area contributed by atoms with Crippen LogP contribution in [-0.4, -0.2) is 0 Å². The van der Waals surface area contributed by atoms with Gasteiger partial charge in [-0.25, -0.2) is 0 Å². The second kappa shape index (κ2) is 12.5. The van der Waals surface area contributed by atoms with Gasteiger partial charge in [-0.05, 0) is 97.4 Å². The third kappa shape index (κ3) is 5.12. The van der Waals surface area contributed by atoms with Gasteiger partial charge in [0, 0.05) is 33.9 Å². The number of hydrogen-bond donors (Lipinski definition) is 0. The summed E-state index contributed by atoms with van der Waals surface area (Å²) < 4.78 is 6.78. The van der Waals surface area contributed by atoms with Crippen molar-refractivity contribution in [3.63, 3.8) is 0 Å². The predicted molar refractivity (Wildman–Crippen MR) is 220 cm³/mol. The minimum atomic E-state index is 0.864. The summed E-state index contributed by atoms with van der Waals surface area (Å²) in [4.78, 5) is 2.29. The zero-order valence-corrected chi connectivity index (χ0v) is 28.4. The summed E-state index contributed by atoms with van der Waals surface area (Å²) in [5.41, 5.74) is 12.1. The standard InChI is InChI=1S/C50H33NO/c1-3-12-34(13-4-1)35-26-28-40(29-27-35)51(39-16-5-2-6-17-39)41-30-31-46-48(32-41)52-49-33-47(44-19-9-10-20-45(44)50(46)49)38-24-22-37(23-25-38)43-21-11-15-36-14-7-8-18-42(36)43/h1-33H. The first kappa shape index (κ1) is 30.0. The Morgan fingerprint density at radius 2 is 0.865 bits per heavy atom. The lowest BCUT2D eigenvalue weighted by Gasteiger charge is -2.25. The number of nitrogens with zero attached hydrogens (tertiary/aromatic N) is 1. The van der Waals surface area contributed by atoms with Crippen LogP contribution in [0.25, 0.3) is 76.9 Å². The summed E-state index contributed by atoms with van der Waals surface area (Å²) in [5.74, 6) is 0. The summed E-state index contributed by atoms with van der Waals surface area (Å²) in [6.45, 7) is 0. The van der Waals surface area contributed by atoms with E-state index in [1.54, 1.807) is 0 Å². The Morgan fingerprint density at radius 1 is 0.308 bits per heavy atom. The van der Waals surface area contributed by atoms with Crippen molar-refractivity contribution in [2.45, 2.75) is 0 Å². The van der Waals surface area contributed by atoms with E-state index in [0.29, 0.717) is 0 Å². The quantitative estimate of drug-likeness (QED) is 0.176. The number of para-hydroxylation sites is 1. The number of furan rings is 1. The lowest BCUT2D eigenvalue weighted by molar-refractivity contribution is 0.669. The molecule has 2 heteroatoms. The first-order valence-corrected chi connectivity index (χ1v) is 17.8. The molecule has 0 spiro atoms. The summed E-state index contributed by atoms with van der Waals surface area (Å²) in [5, 5.41) is 7.18. The zero-order valence-electron chi connectivity index (χ0n) is 28.4. The fraction of sp³-hybridized carbons (Fsp3) is 0. The number of benzene rings is 9. The number of rotatable bonds is 6. The fourth-order valence-corrected chi connectivity index (χ4v) is 7.77. The Labute approximate surface area is 302 Å². The molecule has 1 aromatic heterocycles. The minimum Gasteiger partial charge on any atom is -0.456 e. The average molecular weight is 664 g/mol. The molecule has 0 aliphatic rings. The first-order valence-electron chi connectivity index (χ1n) is 17.8. The molecular weight excluding hydrogens is 631 g/mol. The van der Waals surface area contributed by atoms with Crippen LogP contribution in [0, 0.1) is 0 Å². The average Bonchev–Trinajstić information content (AvgIpc) is 3.60. The first-order chi connectivity index (χ1) is 25.8. The second-order valence-corrected chi connectivity index (χ2v) is 13.3. The predicted octanol–water partition coefficient (Wildman–Crippen LogP) is 14.4. The molecule has 0 atom stereocenters. The van der Waals surface area contributed by atoms with Crippen LogP contribution in [0.4, 0.5) is 17.1 Å². The van der Waals surface area contributed by atoms with Crippen LogP contribution in [0.5, 0.6) is 0 Å². The fourth-order valence-electron chi connectivity index (χ4n) is 7.77. The van der Waals surface area contributed by atoms with Crippen LogP contribution in [0.3, 0.4) is 0 Å². The molecule has 1 heterocycles. The Morgan fingerprint density at radius 3 is 1.63 bits per heavy atom. The van der Waals surface area contributed by atoms with E-state index >= 15 is 0 Å². The normalized spacial score (nSPS) is 11.5. The molecular formula is C50H33NO. The molecule has 0 saturated heterocycles. The van der Waals surface area contributed by atoms with Crippen molar-refractivity contribution in [1.82, 2.24) is 0 Å². The van der Waals surface area contributed by atoms with Crippen LogP contribution in [0.15, 0.2) is 205 Å². The molecule has 0 N–H and O–H groups in total. The summed E-state index contributed by atoms with van der Waals surface area (Å²) in [6.07, 6.45) is 0. The van der Waals surface area contributed by atoms with Crippen LogP contribution < -0.4 is 4.90 Å². The van der Waals surface area contributed by atoms with Crippen LogP contribution in [0.1, 0.15) is 0 Å². The van der Waals surface area contributed by atoms with Crippen molar-refractivity contribution in [1.29, 1.82) is 0 Å². The maximum atomic E-state index is 6.78. The highest BCUT2D eigenvalue weighted by Crippen LogP contribution is 2.43. The molecule has 0 fully saturated rings. The molecule has 0 aliphatic heterocycles. The molecule has 2 nitrogen and oxygen atoms in total. The van der Waals surface area contributed by atoms with Crippen LogP contribution >= 0.6 is 0 Å². The van der Waals surface area contributed by atoms with E-state index in [1.165, 1.54) is 43.8 Å². The van der Waals surface area contributed by atoms with E-state index in [1.807, 2.05) is 0 Å². The molecule has 10 aromatic rings. The number of anilines is 3. The van der Waals surface area contributed by atoms with Crippen molar-refractivity contribution in [2.24, 2.45) is 0 Å². The molecule has 0 amide bonds. The minimum absolute atomic E-state index is 0.864.